The third kappa shape index (κ3) is 3.10. The van der Waals surface area contributed by atoms with E-state index in [1.807, 2.05) is 30.4 Å². The maximum atomic E-state index is 11.9. The highest BCUT2D eigenvalue weighted by Gasteiger charge is 2.58. The van der Waals surface area contributed by atoms with Gasteiger partial charge >= 0.3 is 0 Å². The molecule has 3 fully saturated rings. The van der Waals surface area contributed by atoms with Crippen LogP contribution in [0.15, 0.2) is 54.1 Å². The van der Waals surface area contributed by atoms with E-state index in [9.17, 15) is 4.79 Å². The fraction of sp³-hybridized carbons (Fsp3) is 0.593. The lowest BCUT2D eigenvalue weighted by Crippen LogP contribution is -2.49. The first-order valence-electron chi connectivity index (χ1n) is 11.6. The molecule has 0 saturated heterocycles. The van der Waals surface area contributed by atoms with E-state index in [4.69, 9.17) is 4.74 Å². The summed E-state index contributed by atoms with van der Waals surface area (Å²) >= 11 is 0. The van der Waals surface area contributed by atoms with Crippen molar-refractivity contribution in [3.63, 3.8) is 0 Å². The van der Waals surface area contributed by atoms with Gasteiger partial charge in [0.1, 0.15) is 5.75 Å². The van der Waals surface area contributed by atoms with Gasteiger partial charge in [-0.2, -0.15) is 0 Å². The second-order valence-electron chi connectivity index (χ2n) is 10.4. The summed E-state index contributed by atoms with van der Waals surface area (Å²) in [6, 6.07) is 10.2. The third-order valence-electron chi connectivity index (χ3n) is 9.23. The van der Waals surface area contributed by atoms with Crippen LogP contribution in [-0.2, 0) is 4.79 Å². The zero-order valence-corrected chi connectivity index (χ0v) is 17.9. The van der Waals surface area contributed by atoms with Crippen LogP contribution in [-0.4, -0.2) is 12.4 Å². The number of ketones is 1. The molecule has 0 bridgehead atoms. The quantitative estimate of drug-likeness (QED) is 0.596. The lowest BCUT2D eigenvalue weighted by atomic mass is 9.47. The van der Waals surface area contributed by atoms with E-state index in [0.29, 0.717) is 11.3 Å². The lowest BCUT2D eigenvalue weighted by Gasteiger charge is -2.57. The van der Waals surface area contributed by atoms with E-state index in [1.54, 1.807) is 0 Å². The minimum atomic E-state index is 0.118. The zero-order chi connectivity index (χ0) is 20.1. The van der Waals surface area contributed by atoms with Gasteiger partial charge in [0.15, 0.2) is 5.78 Å². The van der Waals surface area contributed by atoms with Crippen LogP contribution >= 0.6 is 0 Å². The van der Waals surface area contributed by atoms with Crippen molar-refractivity contribution in [1.82, 2.24) is 0 Å². The fourth-order valence-electron chi connectivity index (χ4n) is 7.62. The van der Waals surface area contributed by atoms with Gasteiger partial charge in [0, 0.05) is 5.41 Å². The Labute approximate surface area is 175 Å². The minimum absolute atomic E-state index is 0.118. The lowest BCUT2D eigenvalue weighted by molar-refractivity contribution is -0.111. The molecule has 29 heavy (non-hydrogen) atoms. The maximum Gasteiger partial charge on any atom is 0.178 e. The van der Waals surface area contributed by atoms with E-state index in [2.05, 4.69) is 32.1 Å². The standard InChI is InChI=1S/C27H34O2/c1-26-16-13-25-23(10-8-20-18-21(28)12-15-27(20,25)2)24(26)11-9-19(26)14-17-29-22-6-4-3-5-7-22/h3-7,12,15,18-19,23-25H,8-11,13-14,16-17H2,1-2H3/t19-,23+,24+,25+,26-,27+/m1/s1. The second-order valence-corrected chi connectivity index (χ2v) is 10.4. The predicted molar refractivity (Wildman–Crippen MR) is 117 cm³/mol. The Bertz CT molecular complexity index is 837. The molecule has 5 rings (SSSR count). The molecule has 4 aliphatic carbocycles. The average molecular weight is 391 g/mol. The van der Waals surface area contributed by atoms with Crippen LogP contribution in [0.1, 0.15) is 58.8 Å². The van der Waals surface area contributed by atoms with E-state index in [-0.39, 0.29) is 11.2 Å². The van der Waals surface area contributed by atoms with Gasteiger partial charge in [-0.05, 0) is 98.3 Å². The molecule has 0 amide bonds. The van der Waals surface area contributed by atoms with E-state index >= 15 is 0 Å². The molecule has 0 heterocycles. The Morgan fingerprint density at radius 3 is 2.69 bits per heavy atom. The molecule has 2 nitrogen and oxygen atoms in total. The van der Waals surface area contributed by atoms with Crippen LogP contribution in [0.5, 0.6) is 5.75 Å². The van der Waals surface area contributed by atoms with Crippen molar-refractivity contribution < 1.29 is 9.53 Å². The van der Waals surface area contributed by atoms with Crippen molar-refractivity contribution in [3.8, 4) is 5.75 Å². The highest BCUT2D eigenvalue weighted by molar-refractivity contribution is 6.01. The van der Waals surface area contributed by atoms with Crippen LogP contribution < -0.4 is 4.74 Å². The molecule has 6 atom stereocenters. The number of hydrogen-bond acceptors (Lipinski definition) is 2. The summed E-state index contributed by atoms with van der Waals surface area (Å²) in [6.45, 7) is 5.82. The van der Waals surface area contributed by atoms with E-state index < -0.39 is 0 Å². The molecule has 0 spiro atoms. The van der Waals surface area contributed by atoms with Gasteiger partial charge in [0.05, 0.1) is 6.61 Å². The van der Waals surface area contributed by atoms with Crippen LogP contribution in [0.3, 0.4) is 0 Å². The molecule has 2 heteroatoms. The normalized spacial score (nSPS) is 40.6. The predicted octanol–water partition coefficient (Wildman–Crippen LogP) is 6.38. The molecule has 1 aromatic rings. The molecule has 4 aliphatic rings. The number of fused-ring (bicyclic) bond motifs is 5. The maximum absolute atomic E-state index is 11.9. The second kappa shape index (κ2) is 7.15. The van der Waals surface area contributed by atoms with Gasteiger partial charge in [-0.1, -0.05) is 43.7 Å². The van der Waals surface area contributed by atoms with Crippen molar-refractivity contribution in [3.05, 3.63) is 54.1 Å². The van der Waals surface area contributed by atoms with Crippen LogP contribution in [0, 0.1) is 34.5 Å². The van der Waals surface area contributed by atoms with Gasteiger partial charge in [-0.3, -0.25) is 4.79 Å². The summed E-state index contributed by atoms with van der Waals surface area (Å²) in [4.78, 5) is 11.9. The molecule has 0 aromatic heterocycles. The largest absolute Gasteiger partial charge is 0.494 e. The highest BCUT2D eigenvalue weighted by atomic mass is 16.5. The number of benzene rings is 1. The van der Waals surface area contributed by atoms with Crippen molar-refractivity contribution in [2.45, 2.75) is 58.8 Å². The summed E-state index contributed by atoms with van der Waals surface area (Å²) in [6.07, 6.45) is 15.0. The van der Waals surface area contributed by atoms with Crippen molar-refractivity contribution >= 4 is 5.78 Å². The number of allylic oxidation sites excluding steroid dienone is 4. The Hall–Kier alpha value is -1.83. The Morgan fingerprint density at radius 2 is 1.86 bits per heavy atom. The first kappa shape index (κ1) is 19.2. The number of rotatable bonds is 4. The molecule has 0 radical (unpaired) electrons. The molecular formula is C27H34O2. The Morgan fingerprint density at radius 1 is 1.03 bits per heavy atom. The number of carbonyl (C=O) groups is 1. The fourth-order valence-corrected chi connectivity index (χ4v) is 7.62. The molecular weight excluding hydrogens is 356 g/mol. The van der Waals surface area contributed by atoms with Gasteiger partial charge in [0.2, 0.25) is 0 Å². The van der Waals surface area contributed by atoms with Crippen molar-refractivity contribution in [2.75, 3.05) is 6.61 Å². The van der Waals surface area contributed by atoms with Gasteiger partial charge in [-0.25, -0.2) is 0 Å². The van der Waals surface area contributed by atoms with Crippen molar-refractivity contribution in [2.24, 2.45) is 34.5 Å². The van der Waals surface area contributed by atoms with Crippen LogP contribution in [0.4, 0.5) is 0 Å². The van der Waals surface area contributed by atoms with Crippen LogP contribution in [0.2, 0.25) is 0 Å². The SMILES string of the molecule is C[C@]12CC[C@H]3[C@@H](CCC4=CC(=O)C=C[C@@]43C)[C@@H]1CC[C@@H]2CCOc1ccccc1. The van der Waals surface area contributed by atoms with Crippen LogP contribution in [0.25, 0.3) is 0 Å². The number of hydrogen-bond donors (Lipinski definition) is 0. The minimum Gasteiger partial charge on any atom is -0.494 e. The van der Waals surface area contributed by atoms with Crippen molar-refractivity contribution in [1.29, 1.82) is 0 Å². The number of ether oxygens (including phenoxy) is 1. The number of para-hydroxylation sites is 1. The molecule has 1 aromatic carbocycles. The van der Waals surface area contributed by atoms with Gasteiger partial charge < -0.3 is 4.74 Å². The molecule has 0 N–H and O–H groups in total. The smallest absolute Gasteiger partial charge is 0.178 e. The Kier molecular flexibility index (Phi) is 4.72. The Balaban J connectivity index is 1.29. The first-order chi connectivity index (χ1) is 14.0. The zero-order valence-electron chi connectivity index (χ0n) is 17.9. The van der Waals surface area contributed by atoms with E-state index in [1.165, 1.54) is 44.1 Å². The summed E-state index contributed by atoms with van der Waals surface area (Å²) in [5.41, 5.74) is 1.99. The van der Waals surface area contributed by atoms with Gasteiger partial charge in [-0.15, -0.1) is 0 Å². The first-order valence-corrected chi connectivity index (χ1v) is 11.6. The van der Waals surface area contributed by atoms with Gasteiger partial charge in [0.25, 0.3) is 0 Å². The molecule has 154 valence electrons. The summed E-state index contributed by atoms with van der Waals surface area (Å²) in [7, 11) is 0. The summed E-state index contributed by atoms with van der Waals surface area (Å²) in [5.74, 6) is 4.33. The summed E-state index contributed by atoms with van der Waals surface area (Å²) < 4.78 is 6.05. The topological polar surface area (TPSA) is 26.3 Å². The monoisotopic (exact) mass is 390 g/mol. The molecule has 0 aliphatic heterocycles. The van der Waals surface area contributed by atoms with E-state index in [0.717, 1.165) is 36.5 Å². The molecule has 0 unspecified atom stereocenters. The number of carbonyl (C=O) groups excluding carboxylic acids is 1. The molecule has 3 saturated carbocycles. The average Bonchev–Trinajstić information content (AvgIpc) is 3.06. The third-order valence-corrected chi connectivity index (χ3v) is 9.23. The highest BCUT2D eigenvalue weighted by Crippen LogP contribution is 2.66. The summed E-state index contributed by atoms with van der Waals surface area (Å²) in [5, 5.41) is 0.